The summed E-state index contributed by atoms with van der Waals surface area (Å²) in [5.41, 5.74) is 1.23. The molecule has 2 heteroatoms. The van der Waals surface area contributed by atoms with Crippen molar-refractivity contribution in [2.45, 2.75) is 25.6 Å². The van der Waals surface area contributed by atoms with Crippen molar-refractivity contribution in [3.8, 4) is 11.5 Å². The van der Waals surface area contributed by atoms with Gasteiger partial charge in [0.1, 0.15) is 0 Å². The standard InChI is InChI=1S/C16H16O2/c1-2-16(12-13-8-4-3-5-9-13)17-14-10-6-7-11-15(14)18-16/h3-11H,2,12H2,1H3. The number of benzene rings is 2. The summed E-state index contributed by atoms with van der Waals surface area (Å²) in [5, 5.41) is 0. The van der Waals surface area contributed by atoms with Gasteiger partial charge in [-0.1, -0.05) is 49.4 Å². The minimum atomic E-state index is -0.551. The van der Waals surface area contributed by atoms with Crippen LogP contribution in [0.5, 0.6) is 11.5 Å². The molecule has 0 radical (unpaired) electrons. The molecule has 0 unspecified atom stereocenters. The first-order chi connectivity index (χ1) is 8.81. The minimum Gasteiger partial charge on any atom is -0.448 e. The molecule has 0 fully saturated rings. The van der Waals surface area contributed by atoms with Gasteiger partial charge in [0.25, 0.3) is 5.79 Å². The molecule has 0 spiro atoms. The summed E-state index contributed by atoms with van der Waals surface area (Å²) in [4.78, 5) is 0. The molecular weight excluding hydrogens is 224 g/mol. The highest BCUT2D eigenvalue weighted by Gasteiger charge is 2.39. The Kier molecular flexibility index (Phi) is 2.71. The summed E-state index contributed by atoms with van der Waals surface area (Å²) < 4.78 is 12.1. The maximum Gasteiger partial charge on any atom is 0.255 e. The Bertz CT molecular complexity index is 509. The molecule has 0 saturated carbocycles. The third-order valence-electron chi connectivity index (χ3n) is 3.30. The molecule has 92 valence electrons. The van der Waals surface area contributed by atoms with E-state index in [0.29, 0.717) is 0 Å². The van der Waals surface area contributed by atoms with Crippen molar-refractivity contribution in [1.82, 2.24) is 0 Å². The SMILES string of the molecule is CCC1(Cc2ccccc2)Oc2ccccc2O1. The van der Waals surface area contributed by atoms with E-state index in [1.165, 1.54) is 5.56 Å². The summed E-state index contributed by atoms with van der Waals surface area (Å²) in [7, 11) is 0. The van der Waals surface area contributed by atoms with Crippen LogP contribution in [-0.4, -0.2) is 5.79 Å². The Labute approximate surface area is 107 Å². The van der Waals surface area contributed by atoms with Gasteiger partial charge in [0.2, 0.25) is 0 Å². The van der Waals surface area contributed by atoms with Crippen LogP contribution in [0.15, 0.2) is 54.6 Å². The van der Waals surface area contributed by atoms with Gasteiger partial charge in [-0.2, -0.15) is 0 Å². The number of para-hydroxylation sites is 2. The van der Waals surface area contributed by atoms with Crippen molar-refractivity contribution >= 4 is 0 Å². The lowest BCUT2D eigenvalue weighted by molar-refractivity contribution is -0.0808. The van der Waals surface area contributed by atoms with E-state index in [9.17, 15) is 0 Å². The van der Waals surface area contributed by atoms with Crippen LogP contribution in [0.3, 0.4) is 0 Å². The molecule has 2 aromatic carbocycles. The lowest BCUT2D eigenvalue weighted by atomic mass is 10.0. The number of hydrogen-bond donors (Lipinski definition) is 0. The molecule has 1 aliphatic heterocycles. The Morgan fingerprint density at radius 1 is 0.833 bits per heavy atom. The lowest BCUT2D eigenvalue weighted by Gasteiger charge is -2.26. The second-order valence-electron chi connectivity index (χ2n) is 4.58. The first-order valence-electron chi connectivity index (χ1n) is 6.32. The molecule has 2 nitrogen and oxygen atoms in total. The Morgan fingerprint density at radius 2 is 1.39 bits per heavy atom. The van der Waals surface area contributed by atoms with Crippen LogP contribution in [-0.2, 0) is 6.42 Å². The highest BCUT2D eigenvalue weighted by Crippen LogP contribution is 2.41. The molecule has 1 aliphatic rings. The predicted octanol–water partition coefficient (Wildman–Crippen LogP) is 3.81. The van der Waals surface area contributed by atoms with Gasteiger partial charge in [0, 0.05) is 12.8 Å². The van der Waals surface area contributed by atoms with E-state index in [1.807, 2.05) is 42.5 Å². The number of hydrogen-bond acceptors (Lipinski definition) is 2. The summed E-state index contributed by atoms with van der Waals surface area (Å²) in [6.07, 6.45) is 1.58. The maximum atomic E-state index is 6.03. The fourth-order valence-corrected chi connectivity index (χ4v) is 2.29. The van der Waals surface area contributed by atoms with Gasteiger partial charge in [-0.05, 0) is 17.7 Å². The largest absolute Gasteiger partial charge is 0.448 e. The van der Waals surface area contributed by atoms with Gasteiger partial charge >= 0.3 is 0 Å². The fourth-order valence-electron chi connectivity index (χ4n) is 2.29. The zero-order valence-corrected chi connectivity index (χ0v) is 10.4. The highest BCUT2D eigenvalue weighted by atomic mass is 16.7. The smallest absolute Gasteiger partial charge is 0.255 e. The number of fused-ring (bicyclic) bond motifs is 1. The van der Waals surface area contributed by atoms with Crippen LogP contribution in [0.4, 0.5) is 0 Å². The molecule has 0 bridgehead atoms. The monoisotopic (exact) mass is 240 g/mol. The van der Waals surface area contributed by atoms with Crippen LogP contribution in [0.25, 0.3) is 0 Å². The average molecular weight is 240 g/mol. The van der Waals surface area contributed by atoms with Crippen LogP contribution in [0.1, 0.15) is 18.9 Å². The van der Waals surface area contributed by atoms with E-state index in [0.717, 1.165) is 24.3 Å². The molecule has 3 rings (SSSR count). The molecule has 0 amide bonds. The highest BCUT2D eigenvalue weighted by molar-refractivity contribution is 5.43. The van der Waals surface area contributed by atoms with E-state index in [1.54, 1.807) is 0 Å². The van der Waals surface area contributed by atoms with Gasteiger partial charge in [0.05, 0.1) is 0 Å². The Hall–Kier alpha value is -1.96. The van der Waals surface area contributed by atoms with Crippen molar-refractivity contribution in [3.05, 3.63) is 60.2 Å². The van der Waals surface area contributed by atoms with Crippen molar-refractivity contribution in [3.63, 3.8) is 0 Å². The summed E-state index contributed by atoms with van der Waals surface area (Å²) in [5.74, 6) is 1.14. The molecule has 0 N–H and O–H groups in total. The average Bonchev–Trinajstić information content (AvgIpc) is 2.78. The lowest BCUT2D eigenvalue weighted by Crippen LogP contribution is -2.40. The van der Waals surface area contributed by atoms with Crippen molar-refractivity contribution < 1.29 is 9.47 Å². The number of rotatable bonds is 3. The van der Waals surface area contributed by atoms with Crippen molar-refractivity contribution in [2.24, 2.45) is 0 Å². The van der Waals surface area contributed by atoms with Gasteiger partial charge in [-0.25, -0.2) is 0 Å². The molecule has 1 heterocycles. The van der Waals surface area contributed by atoms with E-state index in [4.69, 9.17) is 9.47 Å². The molecule has 0 atom stereocenters. The van der Waals surface area contributed by atoms with Crippen LogP contribution in [0, 0.1) is 0 Å². The van der Waals surface area contributed by atoms with Gasteiger partial charge in [0.15, 0.2) is 11.5 Å². The van der Waals surface area contributed by atoms with Crippen molar-refractivity contribution in [1.29, 1.82) is 0 Å². The van der Waals surface area contributed by atoms with Crippen LogP contribution < -0.4 is 9.47 Å². The molecule has 18 heavy (non-hydrogen) atoms. The molecule has 0 aliphatic carbocycles. The first-order valence-corrected chi connectivity index (χ1v) is 6.32. The van der Waals surface area contributed by atoms with Gasteiger partial charge < -0.3 is 9.47 Å². The molecule has 0 saturated heterocycles. The summed E-state index contributed by atoms with van der Waals surface area (Å²) in [6, 6.07) is 18.2. The third kappa shape index (κ3) is 1.94. The summed E-state index contributed by atoms with van der Waals surface area (Å²) >= 11 is 0. The van der Waals surface area contributed by atoms with Crippen LogP contribution in [0.2, 0.25) is 0 Å². The second-order valence-corrected chi connectivity index (χ2v) is 4.58. The van der Waals surface area contributed by atoms with E-state index >= 15 is 0 Å². The third-order valence-corrected chi connectivity index (χ3v) is 3.30. The molecule has 0 aromatic heterocycles. The van der Waals surface area contributed by atoms with E-state index in [2.05, 4.69) is 19.1 Å². The molecular formula is C16H16O2. The first kappa shape index (κ1) is 11.1. The maximum absolute atomic E-state index is 6.03. The quantitative estimate of drug-likeness (QED) is 0.812. The normalized spacial score (nSPS) is 15.6. The van der Waals surface area contributed by atoms with Crippen LogP contribution >= 0.6 is 0 Å². The molecule has 2 aromatic rings. The number of ether oxygens (including phenoxy) is 2. The van der Waals surface area contributed by atoms with E-state index in [-0.39, 0.29) is 0 Å². The Morgan fingerprint density at radius 3 is 1.94 bits per heavy atom. The van der Waals surface area contributed by atoms with Crippen molar-refractivity contribution in [2.75, 3.05) is 0 Å². The zero-order chi connectivity index (χ0) is 12.4. The van der Waals surface area contributed by atoms with Gasteiger partial charge in [-0.15, -0.1) is 0 Å². The second kappa shape index (κ2) is 4.37. The van der Waals surface area contributed by atoms with Gasteiger partial charge in [-0.3, -0.25) is 0 Å². The zero-order valence-electron chi connectivity index (χ0n) is 10.4. The summed E-state index contributed by atoms with van der Waals surface area (Å²) in [6.45, 7) is 2.09. The Balaban J connectivity index is 1.86. The fraction of sp³-hybridized carbons (Fsp3) is 0.250. The minimum absolute atomic E-state index is 0.551. The predicted molar refractivity (Wildman–Crippen MR) is 70.9 cm³/mol. The van der Waals surface area contributed by atoms with E-state index < -0.39 is 5.79 Å². The topological polar surface area (TPSA) is 18.5 Å².